The van der Waals surface area contributed by atoms with Crippen LogP contribution in [0.15, 0.2) is 36.4 Å². The maximum atomic E-state index is 15.9. The predicted molar refractivity (Wildman–Crippen MR) is 158 cm³/mol. The second kappa shape index (κ2) is 12.8. The molecule has 0 aliphatic carbocycles. The number of carbonyl (C=O) groups excluding carboxylic acids is 2. The molecule has 2 aromatic rings. The van der Waals surface area contributed by atoms with Crippen molar-refractivity contribution in [3.8, 4) is 6.07 Å². The zero-order chi connectivity index (χ0) is 30.8. The Morgan fingerprint density at radius 2 is 1.88 bits per heavy atom. The predicted octanol–water partition coefficient (Wildman–Crippen LogP) is 8.07. The van der Waals surface area contributed by atoms with E-state index in [4.69, 9.17) is 27.9 Å². The molecule has 2 heterocycles. The van der Waals surface area contributed by atoms with E-state index in [2.05, 4.69) is 6.07 Å². The van der Waals surface area contributed by atoms with Gasteiger partial charge in [0.05, 0.1) is 30.2 Å². The van der Waals surface area contributed by atoms with Gasteiger partial charge in [0.2, 0.25) is 0 Å². The van der Waals surface area contributed by atoms with Gasteiger partial charge in [-0.3, -0.25) is 4.79 Å². The second-order valence-electron chi connectivity index (χ2n) is 12.4. The van der Waals surface area contributed by atoms with Crippen molar-refractivity contribution < 1.29 is 23.1 Å². The summed E-state index contributed by atoms with van der Waals surface area (Å²) >= 11 is 12.3. The first-order valence-corrected chi connectivity index (χ1v) is 15.1. The third kappa shape index (κ3) is 6.23. The highest BCUT2D eigenvalue weighted by atomic mass is 35.5. The van der Waals surface area contributed by atoms with Gasteiger partial charge in [-0.05, 0) is 56.2 Å². The number of nitriles is 1. The van der Waals surface area contributed by atoms with E-state index in [1.165, 1.54) is 29.2 Å². The number of rotatable bonds is 6. The molecule has 0 radical (unpaired) electrons. The maximum Gasteiger partial charge on any atom is 0.320 e. The van der Waals surface area contributed by atoms with Crippen LogP contribution in [0, 0.1) is 34.3 Å². The summed E-state index contributed by atoms with van der Waals surface area (Å²) in [5.74, 6) is -2.45. The minimum atomic E-state index is -1.67. The molecule has 42 heavy (non-hydrogen) atoms. The van der Waals surface area contributed by atoms with Gasteiger partial charge < -0.3 is 14.5 Å². The summed E-state index contributed by atoms with van der Waals surface area (Å²) in [5, 5.41) is 11.0. The summed E-state index contributed by atoms with van der Waals surface area (Å²) in [6.07, 6.45) is 2.65. The highest BCUT2D eigenvalue weighted by molar-refractivity contribution is 6.31. The van der Waals surface area contributed by atoms with Gasteiger partial charge >= 0.3 is 12.0 Å². The average Bonchev–Trinajstić information content (AvgIpc) is 3.23. The molecule has 2 aromatic carbocycles. The van der Waals surface area contributed by atoms with Crippen LogP contribution in [0.5, 0.6) is 0 Å². The second-order valence-corrected chi connectivity index (χ2v) is 13.2. The molecule has 10 heteroatoms. The van der Waals surface area contributed by atoms with Crippen LogP contribution in [0.25, 0.3) is 0 Å². The number of ether oxygens (including phenoxy) is 1. The standard InChI is InChI=1S/C32H37Cl2F2N3O3/c1-5-42-27(40)16-22-9-6-7-14-38(22)30(41)39-18-20(17-31(2,3)4)32(19-37,24-13-12-21(33)15-26(24)35)29(39)23-10-8-11-25(34)28(23)36/h8,10-13,15,20,22,29H,5-7,9,14,16-18H2,1-4H3/t20-,22?,29-,32-/m1/s1. The molecule has 0 bridgehead atoms. The number of piperidine rings is 1. The number of esters is 1. The lowest BCUT2D eigenvalue weighted by Gasteiger charge is -2.41. The third-order valence-corrected chi connectivity index (χ3v) is 8.85. The molecular weight excluding hydrogens is 583 g/mol. The van der Waals surface area contributed by atoms with E-state index in [-0.39, 0.29) is 46.2 Å². The van der Waals surface area contributed by atoms with E-state index >= 15 is 8.78 Å². The molecule has 2 aliphatic rings. The Kier molecular flexibility index (Phi) is 9.74. The van der Waals surface area contributed by atoms with Gasteiger partial charge in [0.25, 0.3) is 0 Å². The van der Waals surface area contributed by atoms with E-state index in [1.54, 1.807) is 17.9 Å². The molecular formula is C32H37Cl2F2N3O3. The Balaban J connectivity index is 1.93. The van der Waals surface area contributed by atoms with Crippen LogP contribution in [-0.4, -0.2) is 47.5 Å². The first-order chi connectivity index (χ1) is 19.8. The molecule has 226 valence electrons. The van der Waals surface area contributed by atoms with Crippen LogP contribution < -0.4 is 0 Å². The average molecular weight is 621 g/mol. The molecule has 0 N–H and O–H groups in total. The monoisotopic (exact) mass is 619 g/mol. The Bertz CT molecular complexity index is 1380. The van der Waals surface area contributed by atoms with Gasteiger partial charge in [0, 0.05) is 41.2 Å². The Morgan fingerprint density at radius 3 is 2.52 bits per heavy atom. The minimum Gasteiger partial charge on any atom is -0.466 e. The van der Waals surface area contributed by atoms with Crippen LogP contribution in [-0.2, 0) is 14.9 Å². The van der Waals surface area contributed by atoms with Crippen molar-refractivity contribution in [1.82, 2.24) is 9.80 Å². The number of likely N-dealkylation sites (tertiary alicyclic amines) is 2. The van der Waals surface area contributed by atoms with Crippen molar-refractivity contribution in [2.45, 2.75) is 77.3 Å². The van der Waals surface area contributed by atoms with Crippen molar-refractivity contribution in [3.63, 3.8) is 0 Å². The Labute approximate surface area is 256 Å². The van der Waals surface area contributed by atoms with Gasteiger partial charge in [-0.2, -0.15) is 5.26 Å². The summed E-state index contributed by atoms with van der Waals surface area (Å²) in [5.41, 5.74) is -1.91. The van der Waals surface area contributed by atoms with Crippen molar-refractivity contribution in [1.29, 1.82) is 5.26 Å². The number of carbonyl (C=O) groups is 2. The lowest BCUT2D eigenvalue weighted by atomic mass is 9.63. The van der Waals surface area contributed by atoms with Gasteiger partial charge in [0.15, 0.2) is 0 Å². The number of benzene rings is 2. The number of halogens is 4. The number of amides is 2. The van der Waals surface area contributed by atoms with Crippen LogP contribution in [0.4, 0.5) is 13.6 Å². The van der Waals surface area contributed by atoms with E-state index in [0.717, 1.165) is 18.9 Å². The largest absolute Gasteiger partial charge is 0.466 e. The molecule has 4 rings (SSSR count). The Hall–Kier alpha value is -2.89. The summed E-state index contributed by atoms with van der Waals surface area (Å²) in [4.78, 5) is 30.1. The zero-order valence-corrected chi connectivity index (χ0v) is 25.9. The molecule has 0 saturated carbocycles. The molecule has 2 amide bonds. The van der Waals surface area contributed by atoms with Crippen molar-refractivity contribution in [3.05, 3.63) is 69.2 Å². The van der Waals surface area contributed by atoms with Crippen molar-refractivity contribution in [2.75, 3.05) is 19.7 Å². The molecule has 6 nitrogen and oxygen atoms in total. The minimum absolute atomic E-state index is 0.0297. The van der Waals surface area contributed by atoms with E-state index in [9.17, 15) is 14.9 Å². The summed E-state index contributed by atoms with van der Waals surface area (Å²) < 4.78 is 36.9. The zero-order valence-electron chi connectivity index (χ0n) is 24.4. The quantitative estimate of drug-likeness (QED) is 0.306. The van der Waals surface area contributed by atoms with Crippen LogP contribution in [0.3, 0.4) is 0 Å². The van der Waals surface area contributed by atoms with E-state index in [1.807, 2.05) is 20.8 Å². The van der Waals surface area contributed by atoms with Gasteiger partial charge in [-0.25, -0.2) is 13.6 Å². The molecule has 1 unspecified atom stereocenters. The van der Waals surface area contributed by atoms with Gasteiger partial charge in [0.1, 0.15) is 17.0 Å². The smallest absolute Gasteiger partial charge is 0.320 e. The SMILES string of the molecule is CCOC(=O)CC1CCCCN1C(=O)N1C[C@@H](CC(C)(C)C)[C@](C#N)(c2ccc(Cl)cc2F)[C@H]1c1cccc(Cl)c1F. The van der Waals surface area contributed by atoms with Gasteiger partial charge in [-0.15, -0.1) is 0 Å². The van der Waals surface area contributed by atoms with Crippen LogP contribution >= 0.6 is 23.2 Å². The molecule has 0 aromatic heterocycles. The fourth-order valence-electron chi connectivity index (χ4n) is 6.70. The number of hydrogen-bond donors (Lipinski definition) is 0. The topological polar surface area (TPSA) is 73.6 Å². The summed E-state index contributed by atoms with van der Waals surface area (Å²) in [7, 11) is 0. The fourth-order valence-corrected chi connectivity index (χ4v) is 7.04. The lowest BCUT2D eigenvalue weighted by Crippen LogP contribution is -2.52. The lowest BCUT2D eigenvalue weighted by molar-refractivity contribution is -0.144. The normalized spacial score (nSPS) is 24.4. The third-order valence-electron chi connectivity index (χ3n) is 8.33. The Morgan fingerprint density at radius 1 is 1.14 bits per heavy atom. The van der Waals surface area contributed by atoms with Crippen molar-refractivity contribution in [2.24, 2.45) is 11.3 Å². The van der Waals surface area contributed by atoms with Crippen LogP contribution in [0.2, 0.25) is 10.0 Å². The number of hydrogen-bond acceptors (Lipinski definition) is 4. The molecule has 4 atom stereocenters. The highest BCUT2D eigenvalue weighted by Crippen LogP contribution is 2.56. The molecule has 2 aliphatic heterocycles. The highest BCUT2D eigenvalue weighted by Gasteiger charge is 2.60. The number of urea groups is 1. The molecule has 2 fully saturated rings. The first kappa shape index (κ1) is 32.0. The number of nitrogens with zero attached hydrogens (tertiary/aromatic N) is 3. The van der Waals surface area contributed by atoms with E-state index in [0.29, 0.717) is 19.4 Å². The van der Waals surface area contributed by atoms with Crippen molar-refractivity contribution >= 4 is 35.2 Å². The fraction of sp³-hybridized carbons (Fsp3) is 0.531. The molecule has 0 spiro atoms. The van der Waals surface area contributed by atoms with Crippen LogP contribution in [0.1, 0.15) is 77.0 Å². The van der Waals surface area contributed by atoms with E-state index < -0.39 is 47.1 Å². The summed E-state index contributed by atoms with van der Waals surface area (Å²) in [6, 6.07) is 8.89. The maximum absolute atomic E-state index is 15.9. The van der Waals surface area contributed by atoms with Gasteiger partial charge in [-0.1, -0.05) is 62.2 Å². The first-order valence-electron chi connectivity index (χ1n) is 14.4. The summed E-state index contributed by atoms with van der Waals surface area (Å²) in [6.45, 7) is 8.44. The molecule has 2 saturated heterocycles.